The molecule has 0 radical (unpaired) electrons. The molecular formula is C36H55BrN2O2S. The molecule has 1 aliphatic rings. The molecule has 0 aliphatic carbocycles. The highest BCUT2D eigenvalue weighted by atomic mass is 79.9. The summed E-state index contributed by atoms with van der Waals surface area (Å²) in [5, 5.41) is 3.17. The van der Waals surface area contributed by atoms with E-state index in [4.69, 9.17) is 4.74 Å². The molecule has 1 N–H and O–H groups in total. The summed E-state index contributed by atoms with van der Waals surface area (Å²) in [6.45, 7) is 12.5. The standard InChI is InChI=1S/C36H54N2O2S.BrH/c1-6-7-8-9-10-11-12-13-14-15-16-19-24-40-34-23-22-30(25-32(34)36(3,4)5)35(39)37-33-21-18-17-20-31(33)27-38-26-29(2)41-28-38;/h17-18,20-23,25-26H,6-16,19,24,27-28H2,1-5H3,(H,37,39);1H. The Balaban J connectivity index is 0.00000616. The number of thioether (sulfide) groups is 1. The molecule has 2 aromatic carbocycles. The number of carbonyl (C=O) groups excluding carboxylic acids is 1. The molecule has 4 nitrogen and oxygen atoms in total. The maximum absolute atomic E-state index is 13.4. The van der Waals surface area contributed by atoms with E-state index in [0.717, 1.165) is 48.0 Å². The normalized spacial score (nSPS) is 13.1. The van der Waals surface area contributed by atoms with E-state index >= 15 is 0 Å². The molecule has 0 atom stereocenters. The Morgan fingerprint density at radius 2 is 1.52 bits per heavy atom. The van der Waals surface area contributed by atoms with Crippen LogP contribution in [-0.4, -0.2) is 23.3 Å². The van der Waals surface area contributed by atoms with Crippen molar-refractivity contribution in [2.24, 2.45) is 0 Å². The highest BCUT2D eigenvalue weighted by Crippen LogP contribution is 2.33. The van der Waals surface area contributed by atoms with Crippen molar-refractivity contribution < 1.29 is 9.53 Å². The van der Waals surface area contributed by atoms with Gasteiger partial charge in [0.15, 0.2) is 0 Å². The van der Waals surface area contributed by atoms with Gasteiger partial charge in [0.25, 0.3) is 5.91 Å². The first-order valence-electron chi connectivity index (χ1n) is 16.0. The number of nitrogens with zero attached hydrogens (tertiary/aromatic N) is 1. The van der Waals surface area contributed by atoms with Crippen LogP contribution in [0.5, 0.6) is 5.75 Å². The van der Waals surface area contributed by atoms with Gasteiger partial charge in [-0.3, -0.25) is 4.79 Å². The Kier molecular flexibility index (Phi) is 16.7. The summed E-state index contributed by atoms with van der Waals surface area (Å²) < 4.78 is 6.27. The zero-order chi connectivity index (χ0) is 29.5. The van der Waals surface area contributed by atoms with Crippen LogP contribution in [0.4, 0.5) is 5.69 Å². The van der Waals surface area contributed by atoms with Crippen LogP contribution in [0.15, 0.2) is 53.6 Å². The van der Waals surface area contributed by atoms with Crippen molar-refractivity contribution in [2.45, 2.75) is 124 Å². The van der Waals surface area contributed by atoms with E-state index < -0.39 is 0 Å². The molecule has 42 heavy (non-hydrogen) atoms. The van der Waals surface area contributed by atoms with Crippen molar-refractivity contribution in [2.75, 3.05) is 17.8 Å². The second-order valence-corrected chi connectivity index (χ2v) is 13.8. The second kappa shape index (κ2) is 19.4. The summed E-state index contributed by atoms with van der Waals surface area (Å²) in [6.07, 6.45) is 18.2. The van der Waals surface area contributed by atoms with Crippen molar-refractivity contribution >= 4 is 40.3 Å². The van der Waals surface area contributed by atoms with Gasteiger partial charge >= 0.3 is 0 Å². The van der Waals surface area contributed by atoms with Crippen LogP contribution in [0.1, 0.15) is 133 Å². The Hall–Kier alpha value is -1.92. The van der Waals surface area contributed by atoms with Gasteiger partial charge in [-0.1, -0.05) is 117 Å². The van der Waals surface area contributed by atoms with E-state index in [0.29, 0.717) is 5.56 Å². The van der Waals surface area contributed by atoms with Gasteiger partial charge in [0.2, 0.25) is 0 Å². The molecule has 0 fully saturated rings. The van der Waals surface area contributed by atoms with Crippen LogP contribution in [0.25, 0.3) is 0 Å². The Morgan fingerprint density at radius 1 is 0.905 bits per heavy atom. The Morgan fingerprint density at radius 3 is 2.12 bits per heavy atom. The zero-order valence-electron chi connectivity index (χ0n) is 26.8. The molecule has 0 aromatic heterocycles. The average Bonchev–Trinajstić information content (AvgIpc) is 3.36. The van der Waals surface area contributed by atoms with Crippen molar-refractivity contribution in [3.63, 3.8) is 0 Å². The predicted octanol–water partition coefficient (Wildman–Crippen LogP) is 11.3. The highest BCUT2D eigenvalue weighted by molar-refractivity contribution is 8.93. The molecule has 1 amide bonds. The minimum Gasteiger partial charge on any atom is -0.493 e. The third-order valence-electron chi connectivity index (χ3n) is 7.77. The largest absolute Gasteiger partial charge is 0.493 e. The number of benzene rings is 2. The number of carbonyl (C=O) groups is 1. The van der Waals surface area contributed by atoms with Crippen LogP contribution < -0.4 is 10.1 Å². The molecule has 1 aliphatic heterocycles. The van der Waals surface area contributed by atoms with Gasteiger partial charge < -0.3 is 15.0 Å². The van der Waals surface area contributed by atoms with E-state index in [2.05, 4.69) is 57.1 Å². The zero-order valence-corrected chi connectivity index (χ0v) is 29.3. The number of nitrogens with one attached hydrogen (secondary N) is 1. The molecular weight excluding hydrogens is 604 g/mol. The van der Waals surface area contributed by atoms with E-state index in [9.17, 15) is 4.79 Å². The van der Waals surface area contributed by atoms with Gasteiger partial charge in [-0.25, -0.2) is 0 Å². The number of unbranched alkanes of at least 4 members (excludes halogenated alkanes) is 11. The van der Waals surface area contributed by atoms with Crippen molar-refractivity contribution in [3.05, 3.63) is 70.3 Å². The quantitative estimate of drug-likeness (QED) is 0.162. The van der Waals surface area contributed by atoms with E-state index in [1.54, 1.807) is 0 Å². The first-order chi connectivity index (χ1) is 19.8. The van der Waals surface area contributed by atoms with Crippen LogP contribution in [-0.2, 0) is 12.0 Å². The van der Waals surface area contributed by atoms with Gasteiger partial charge in [-0.2, -0.15) is 0 Å². The van der Waals surface area contributed by atoms with Crippen LogP contribution in [0.2, 0.25) is 0 Å². The number of amides is 1. The smallest absolute Gasteiger partial charge is 0.255 e. The molecule has 3 rings (SSSR count). The molecule has 0 saturated carbocycles. The molecule has 1 heterocycles. The number of hydrogen-bond acceptors (Lipinski definition) is 4. The number of halogens is 1. The SMILES string of the molecule is Br.CCCCCCCCCCCCCCOc1ccc(C(=O)Nc2ccccc2CN2C=C(C)SC2)cc1C(C)(C)C. The first kappa shape index (κ1) is 36.3. The van der Waals surface area contributed by atoms with Gasteiger partial charge in [0.1, 0.15) is 5.75 Å². The first-order valence-corrected chi connectivity index (χ1v) is 17.0. The molecule has 234 valence electrons. The van der Waals surface area contributed by atoms with Gasteiger partial charge in [0, 0.05) is 29.6 Å². The fourth-order valence-corrected chi connectivity index (χ4v) is 6.07. The van der Waals surface area contributed by atoms with Crippen LogP contribution in [0.3, 0.4) is 0 Å². The van der Waals surface area contributed by atoms with E-state index in [-0.39, 0.29) is 28.3 Å². The predicted molar refractivity (Wildman–Crippen MR) is 188 cm³/mol. The number of allylic oxidation sites excluding steroid dienone is 1. The number of hydrogen-bond donors (Lipinski definition) is 1. The lowest BCUT2D eigenvalue weighted by molar-refractivity contribution is 0.102. The lowest BCUT2D eigenvalue weighted by atomic mass is 9.85. The summed E-state index contributed by atoms with van der Waals surface area (Å²) in [4.78, 5) is 17.0. The lowest BCUT2D eigenvalue weighted by Gasteiger charge is -2.24. The third kappa shape index (κ3) is 12.8. The van der Waals surface area contributed by atoms with Crippen molar-refractivity contribution in [1.29, 1.82) is 0 Å². The number of anilines is 1. The molecule has 2 aromatic rings. The molecule has 0 bridgehead atoms. The number of rotatable bonds is 18. The topological polar surface area (TPSA) is 41.6 Å². The maximum atomic E-state index is 13.4. The van der Waals surface area contributed by atoms with Crippen LogP contribution in [0, 0.1) is 0 Å². The number of para-hydroxylation sites is 1. The minimum absolute atomic E-state index is 0. The maximum Gasteiger partial charge on any atom is 0.255 e. The Labute approximate surface area is 271 Å². The summed E-state index contributed by atoms with van der Waals surface area (Å²) in [5.74, 6) is 1.76. The van der Waals surface area contributed by atoms with E-state index in [1.807, 2.05) is 48.2 Å². The molecule has 0 spiro atoms. The summed E-state index contributed by atoms with van der Waals surface area (Å²) in [5.41, 5.74) is 3.59. The fraction of sp³-hybridized carbons (Fsp3) is 0.583. The van der Waals surface area contributed by atoms with E-state index in [1.165, 1.54) is 75.5 Å². The minimum atomic E-state index is -0.127. The van der Waals surface area contributed by atoms with Gasteiger partial charge in [-0.05, 0) is 53.5 Å². The monoisotopic (exact) mass is 658 g/mol. The molecule has 0 unspecified atom stereocenters. The summed E-state index contributed by atoms with van der Waals surface area (Å²) in [6, 6.07) is 14.0. The third-order valence-corrected chi connectivity index (χ3v) is 8.79. The van der Waals surface area contributed by atoms with Crippen LogP contribution >= 0.6 is 28.7 Å². The van der Waals surface area contributed by atoms with Gasteiger partial charge in [0.05, 0.1) is 12.5 Å². The fourth-order valence-electron chi connectivity index (χ4n) is 5.31. The van der Waals surface area contributed by atoms with Gasteiger partial charge in [-0.15, -0.1) is 28.7 Å². The lowest BCUT2D eigenvalue weighted by Crippen LogP contribution is -2.19. The summed E-state index contributed by atoms with van der Waals surface area (Å²) >= 11 is 1.85. The Bertz CT molecular complexity index is 1110. The average molecular weight is 660 g/mol. The second-order valence-electron chi connectivity index (χ2n) is 12.6. The molecule has 6 heteroatoms. The van der Waals surface area contributed by atoms with Crippen molar-refractivity contribution in [1.82, 2.24) is 4.90 Å². The van der Waals surface area contributed by atoms with Crippen molar-refractivity contribution in [3.8, 4) is 5.75 Å². The highest BCUT2D eigenvalue weighted by Gasteiger charge is 2.22. The molecule has 0 saturated heterocycles. The number of ether oxygens (including phenoxy) is 1. The summed E-state index contributed by atoms with van der Waals surface area (Å²) in [7, 11) is 0.